The van der Waals surface area contributed by atoms with Crippen LogP contribution in [0.3, 0.4) is 0 Å². The molecule has 10 rings (SSSR count). The van der Waals surface area contributed by atoms with Crippen LogP contribution in [0.15, 0.2) is 201 Å². The van der Waals surface area contributed by atoms with Crippen molar-refractivity contribution in [2.45, 2.75) is 6.42 Å². The van der Waals surface area contributed by atoms with E-state index in [1.165, 1.54) is 31.7 Å². The molecule has 58 heavy (non-hydrogen) atoms. The Labute approximate surface area is 341 Å². The highest BCUT2D eigenvalue weighted by Crippen LogP contribution is 2.43. The molecule has 0 bridgehead atoms. The number of fused-ring (bicyclic) bond motifs is 6. The molecule has 9 aromatic rings. The maximum Gasteiger partial charge on any atom is 0.161 e. The van der Waals surface area contributed by atoms with Gasteiger partial charge in [-0.05, 0) is 95.9 Å². The Morgan fingerprint density at radius 1 is 0.638 bits per heavy atom. The highest BCUT2D eigenvalue weighted by Gasteiger charge is 2.22. The summed E-state index contributed by atoms with van der Waals surface area (Å²) in [5.74, 6) is 1.34. The molecule has 0 aliphatic heterocycles. The van der Waals surface area contributed by atoms with E-state index in [-0.39, 0.29) is 5.92 Å². The number of benzene rings is 7. The van der Waals surface area contributed by atoms with Gasteiger partial charge in [0.2, 0.25) is 0 Å². The Bertz CT molecular complexity index is 3020. The van der Waals surface area contributed by atoms with Gasteiger partial charge < -0.3 is 9.32 Å². The number of hydrogen-bond donors (Lipinski definition) is 0. The van der Waals surface area contributed by atoms with Gasteiger partial charge in [-0.1, -0.05) is 127 Å². The van der Waals surface area contributed by atoms with Crippen molar-refractivity contribution in [3.63, 3.8) is 0 Å². The molecule has 0 fully saturated rings. The predicted molar refractivity (Wildman–Crippen MR) is 246 cm³/mol. The summed E-state index contributed by atoms with van der Waals surface area (Å²) in [5, 5.41) is 3.38. The second-order valence-electron chi connectivity index (χ2n) is 14.4. The summed E-state index contributed by atoms with van der Waals surface area (Å²) in [6.45, 7) is 4.47. The molecule has 0 saturated heterocycles. The van der Waals surface area contributed by atoms with Gasteiger partial charge in [0.1, 0.15) is 11.2 Å². The zero-order chi connectivity index (χ0) is 38.8. The van der Waals surface area contributed by atoms with Gasteiger partial charge in [0.25, 0.3) is 0 Å². The molecule has 278 valence electrons. The van der Waals surface area contributed by atoms with Crippen LogP contribution in [0.5, 0.6) is 0 Å². The minimum atomic E-state index is 0.232. The lowest BCUT2D eigenvalue weighted by Crippen LogP contribution is -2.12. The lowest BCUT2D eigenvalue weighted by atomic mass is 9.92. The number of anilines is 3. The number of aliphatic imine (C=N–C) groups is 3. The summed E-state index contributed by atoms with van der Waals surface area (Å²) < 4.78 is 8.01. The third-order valence-corrected chi connectivity index (χ3v) is 12.0. The van der Waals surface area contributed by atoms with Crippen molar-refractivity contribution in [2.75, 3.05) is 11.4 Å². The second-order valence-corrected chi connectivity index (χ2v) is 15.5. The standard InChI is InChI=1S/C52H38N4OS/c1-53-51(38-16-7-3-8-17-38)55-52(54-34-35-24-31-49-44(32-35)42-20-11-12-23-48(42)58-49)39-27-30-43-47(33-39)57-46-22-13-21-45(50(43)46)56(40-18-9-4-10-19-40)41-28-25-37(26-29-41)36-14-5-2-6-15-36/h2-31,33,35H,1,32,34H2/b54-52-,55-51-. The van der Waals surface area contributed by atoms with Crippen LogP contribution in [0.25, 0.3) is 49.2 Å². The molecule has 0 amide bonds. The molecule has 0 radical (unpaired) electrons. The van der Waals surface area contributed by atoms with Crippen LogP contribution in [0.4, 0.5) is 17.1 Å². The highest BCUT2D eigenvalue weighted by molar-refractivity contribution is 7.20. The Morgan fingerprint density at radius 3 is 2.14 bits per heavy atom. The van der Waals surface area contributed by atoms with Gasteiger partial charge in [-0.3, -0.25) is 4.99 Å². The van der Waals surface area contributed by atoms with Crippen LogP contribution in [-0.4, -0.2) is 24.9 Å². The average Bonchev–Trinajstić information content (AvgIpc) is 3.86. The Balaban J connectivity index is 1.06. The fourth-order valence-electron chi connectivity index (χ4n) is 7.99. The monoisotopic (exact) mass is 766 g/mol. The van der Waals surface area contributed by atoms with Crippen LogP contribution in [0.1, 0.15) is 21.6 Å². The van der Waals surface area contributed by atoms with Gasteiger partial charge in [0.15, 0.2) is 11.7 Å². The fraction of sp³-hybridized carbons (Fsp3) is 0.0577. The lowest BCUT2D eigenvalue weighted by molar-refractivity contribution is 0.660. The topological polar surface area (TPSA) is 53.5 Å². The Morgan fingerprint density at radius 2 is 1.34 bits per heavy atom. The van der Waals surface area contributed by atoms with Crippen molar-refractivity contribution in [3.05, 3.63) is 204 Å². The lowest BCUT2D eigenvalue weighted by Gasteiger charge is -2.26. The number of para-hydroxylation sites is 1. The number of hydrogen-bond acceptors (Lipinski definition) is 4. The van der Waals surface area contributed by atoms with E-state index in [1.807, 2.05) is 59.9 Å². The van der Waals surface area contributed by atoms with E-state index in [1.54, 1.807) is 0 Å². The SMILES string of the molecule is C=N/C(=N\C(=N/CC1C=Cc2sc3ccccc3c2C1)c1ccc2c(c1)oc1cccc(N(c3ccccc3)c3ccc(-c4ccccc4)cc3)c12)c1ccccc1. The molecule has 1 atom stereocenters. The molecule has 1 unspecified atom stereocenters. The predicted octanol–water partition coefficient (Wildman–Crippen LogP) is 13.7. The molecule has 1 aliphatic rings. The van der Waals surface area contributed by atoms with E-state index in [2.05, 4.69) is 156 Å². The molecule has 1 aliphatic carbocycles. The first-order valence-electron chi connectivity index (χ1n) is 19.5. The number of nitrogens with zero attached hydrogens (tertiary/aromatic N) is 4. The summed E-state index contributed by atoms with van der Waals surface area (Å²) in [6.07, 6.45) is 5.49. The highest BCUT2D eigenvalue weighted by atomic mass is 32.1. The van der Waals surface area contributed by atoms with Gasteiger partial charge in [-0.25, -0.2) is 9.98 Å². The van der Waals surface area contributed by atoms with Crippen LogP contribution in [-0.2, 0) is 6.42 Å². The summed E-state index contributed by atoms with van der Waals surface area (Å²) in [4.78, 5) is 18.3. The minimum absolute atomic E-state index is 0.232. The van der Waals surface area contributed by atoms with E-state index >= 15 is 0 Å². The Hall–Kier alpha value is -7.15. The number of thiophene rings is 1. The normalized spacial score (nSPS) is 14.2. The van der Waals surface area contributed by atoms with Gasteiger partial charge in [-0.2, -0.15) is 0 Å². The molecule has 2 aromatic heterocycles. The Kier molecular flexibility index (Phi) is 9.38. The third kappa shape index (κ3) is 6.74. The minimum Gasteiger partial charge on any atom is -0.456 e. The molecule has 0 N–H and O–H groups in total. The number of rotatable bonds is 8. The fourth-order valence-corrected chi connectivity index (χ4v) is 9.13. The largest absolute Gasteiger partial charge is 0.456 e. The van der Waals surface area contributed by atoms with Crippen LogP contribution >= 0.6 is 11.3 Å². The van der Waals surface area contributed by atoms with Crippen molar-refractivity contribution in [2.24, 2.45) is 20.9 Å². The first-order valence-corrected chi connectivity index (χ1v) is 20.3. The zero-order valence-corrected chi connectivity index (χ0v) is 32.5. The first-order chi connectivity index (χ1) is 28.7. The molecule has 0 saturated carbocycles. The maximum atomic E-state index is 6.69. The van der Waals surface area contributed by atoms with E-state index in [9.17, 15) is 0 Å². The molecule has 0 spiro atoms. The van der Waals surface area contributed by atoms with Gasteiger partial charge in [0, 0.05) is 49.9 Å². The molecule has 7 aromatic carbocycles. The summed E-state index contributed by atoms with van der Waals surface area (Å²) >= 11 is 1.86. The van der Waals surface area contributed by atoms with Gasteiger partial charge >= 0.3 is 0 Å². The number of furan rings is 1. The van der Waals surface area contributed by atoms with Crippen LogP contribution in [0.2, 0.25) is 0 Å². The van der Waals surface area contributed by atoms with E-state index < -0.39 is 0 Å². The van der Waals surface area contributed by atoms with Crippen LogP contribution in [0, 0.1) is 5.92 Å². The summed E-state index contributed by atoms with van der Waals surface area (Å²) in [6, 6.07) is 60.9. The summed E-state index contributed by atoms with van der Waals surface area (Å²) in [7, 11) is 0. The number of amidine groups is 2. The van der Waals surface area contributed by atoms with Crippen molar-refractivity contribution in [1.82, 2.24) is 0 Å². The van der Waals surface area contributed by atoms with Crippen molar-refractivity contribution in [3.8, 4) is 11.1 Å². The third-order valence-electron chi connectivity index (χ3n) is 10.8. The molecule has 2 heterocycles. The van der Waals surface area contributed by atoms with Crippen LogP contribution < -0.4 is 4.90 Å². The quantitative estimate of drug-likeness (QED) is 0.114. The van der Waals surface area contributed by atoms with Gasteiger partial charge in [0.05, 0.1) is 11.1 Å². The first kappa shape index (κ1) is 35.3. The van der Waals surface area contributed by atoms with E-state index in [0.717, 1.165) is 56.5 Å². The molecule has 6 heteroatoms. The zero-order valence-electron chi connectivity index (χ0n) is 31.7. The second kappa shape index (κ2) is 15.4. The van der Waals surface area contributed by atoms with Crippen molar-refractivity contribution in [1.29, 1.82) is 0 Å². The maximum absolute atomic E-state index is 6.69. The van der Waals surface area contributed by atoms with Gasteiger partial charge in [-0.15, -0.1) is 11.3 Å². The van der Waals surface area contributed by atoms with Crippen molar-refractivity contribution >= 4 is 84.9 Å². The smallest absolute Gasteiger partial charge is 0.161 e. The van der Waals surface area contributed by atoms with Crippen molar-refractivity contribution < 1.29 is 4.42 Å². The van der Waals surface area contributed by atoms with E-state index in [4.69, 9.17) is 14.4 Å². The van der Waals surface area contributed by atoms with E-state index in [0.29, 0.717) is 18.2 Å². The molecular formula is C52H38N4OS. The molecule has 5 nitrogen and oxygen atoms in total. The molecular weight excluding hydrogens is 729 g/mol. The summed E-state index contributed by atoms with van der Waals surface area (Å²) in [5.41, 5.74) is 10.2. The average molecular weight is 767 g/mol.